The number of sulfonamides is 1. The minimum atomic E-state index is -3.61. The van der Waals surface area contributed by atoms with Crippen LogP contribution in [0.3, 0.4) is 0 Å². The Morgan fingerprint density at radius 1 is 1.26 bits per heavy atom. The fourth-order valence-electron chi connectivity index (χ4n) is 2.08. The van der Waals surface area contributed by atoms with Crippen LogP contribution in [0, 0.1) is 0 Å². The van der Waals surface area contributed by atoms with E-state index >= 15 is 0 Å². The van der Waals surface area contributed by atoms with Crippen molar-refractivity contribution in [1.82, 2.24) is 9.71 Å². The van der Waals surface area contributed by atoms with Gasteiger partial charge in [0.25, 0.3) is 0 Å². The summed E-state index contributed by atoms with van der Waals surface area (Å²) in [5.74, 6) is 0. The molecule has 0 unspecified atom stereocenters. The Balaban J connectivity index is 2.11. The number of nitrogens with one attached hydrogen (secondary N) is 1. The fourth-order valence-corrected chi connectivity index (χ4v) is 3.68. The Hall–Kier alpha value is -0.400. The molecule has 0 radical (unpaired) electrons. The molecule has 106 valence electrons. The summed E-state index contributed by atoms with van der Waals surface area (Å²) in [5.41, 5.74) is 5.79. The fraction of sp³-hybridized carbons (Fsp3) is 0.545. The molecular formula is C11H15Cl2N3O2S. The van der Waals surface area contributed by atoms with Crippen LogP contribution in [0.1, 0.15) is 25.7 Å². The molecule has 1 saturated carbocycles. The highest BCUT2D eigenvalue weighted by molar-refractivity contribution is 7.89. The third-order valence-electron chi connectivity index (χ3n) is 3.18. The van der Waals surface area contributed by atoms with Gasteiger partial charge in [-0.3, -0.25) is 0 Å². The van der Waals surface area contributed by atoms with Crippen molar-refractivity contribution in [2.24, 2.45) is 5.73 Å². The Kier molecular flexibility index (Phi) is 4.68. The van der Waals surface area contributed by atoms with Gasteiger partial charge in [-0.05, 0) is 31.7 Å². The van der Waals surface area contributed by atoms with Crippen LogP contribution in [0.4, 0.5) is 0 Å². The number of nitrogens with two attached hydrogens (primary N) is 1. The van der Waals surface area contributed by atoms with Gasteiger partial charge in [0.05, 0.1) is 5.02 Å². The van der Waals surface area contributed by atoms with Crippen LogP contribution in [0.2, 0.25) is 10.2 Å². The van der Waals surface area contributed by atoms with Crippen molar-refractivity contribution in [2.75, 3.05) is 0 Å². The maximum atomic E-state index is 12.2. The van der Waals surface area contributed by atoms with Crippen LogP contribution in [0.25, 0.3) is 0 Å². The average Bonchev–Trinajstić information content (AvgIpc) is 2.35. The van der Waals surface area contributed by atoms with E-state index in [1.165, 1.54) is 12.3 Å². The van der Waals surface area contributed by atoms with Gasteiger partial charge >= 0.3 is 0 Å². The number of rotatable bonds is 3. The van der Waals surface area contributed by atoms with E-state index < -0.39 is 10.0 Å². The van der Waals surface area contributed by atoms with Crippen molar-refractivity contribution in [1.29, 1.82) is 0 Å². The zero-order valence-electron chi connectivity index (χ0n) is 10.1. The van der Waals surface area contributed by atoms with Gasteiger partial charge < -0.3 is 5.73 Å². The predicted molar refractivity (Wildman–Crippen MR) is 74.8 cm³/mol. The summed E-state index contributed by atoms with van der Waals surface area (Å²) in [6.45, 7) is 0. The van der Waals surface area contributed by atoms with Crippen LogP contribution < -0.4 is 10.5 Å². The highest BCUT2D eigenvalue weighted by Gasteiger charge is 2.24. The first kappa shape index (κ1) is 15.0. The zero-order chi connectivity index (χ0) is 14.0. The van der Waals surface area contributed by atoms with Gasteiger partial charge in [0, 0.05) is 18.3 Å². The van der Waals surface area contributed by atoms with Crippen molar-refractivity contribution in [2.45, 2.75) is 42.7 Å². The number of nitrogens with zero attached hydrogens (tertiary/aromatic N) is 1. The number of hydrogen-bond acceptors (Lipinski definition) is 4. The Bertz CT molecular complexity index is 557. The van der Waals surface area contributed by atoms with Gasteiger partial charge in [-0.15, -0.1) is 0 Å². The standard InChI is InChI=1S/C11H15Cl2N3O2S/c12-10-5-9(6-15-11(10)13)19(17,18)16-8-3-1-7(14)2-4-8/h5-8,16H,1-4,14H2. The molecule has 5 nitrogen and oxygen atoms in total. The molecule has 0 atom stereocenters. The van der Waals surface area contributed by atoms with Crippen molar-refractivity contribution >= 4 is 33.2 Å². The predicted octanol–water partition coefficient (Wildman–Crippen LogP) is 1.94. The highest BCUT2D eigenvalue weighted by Crippen LogP contribution is 2.23. The van der Waals surface area contributed by atoms with Crippen molar-refractivity contribution in [3.05, 3.63) is 22.4 Å². The number of hydrogen-bond donors (Lipinski definition) is 2. The molecule has 1 aliphatic carbocycles. The third-order valence-corrected chi connectivity index (χ3v) is 5.35. The van der Waals surface area contributed by atoms with Gasteiger partial charge in [-0.25, -0.2) is 18.1 Å². The van der Waals surface area contributed by atoms with Crippen molar-refractivity contribution < 1.29 is 8.42 Å². The van der Waals surface area contributed by atoms with E-state index in [0.717, 1.165) is 25.7 Å². The van der Waals surface area contributed by atoms with E-state index in [1.807, 2.05) is 0 Å². The number of aromatic nitrogens is 1. The summed E-state index contributed by atoms with van der Waals surface area (Å²) < 4.78 is 27.0. The van der Waals surface area contributed by atoms with Gasteiger partial charge in [-0.2, -0.15) is 0 Å². The normalized spacial score (nSPS) is 24.4. The first-order chi connectivity index (χ1) is 8.88. The summed E-state index contributed by atoms with van der Waals surface area (Å²) in [6.07, 6.45) is 4.34. The summed E-state index contributed by atoms with van der Waals surface area (Å²) in [7, 11) is -3.61. The Morgan fingerprint density at radius 3 is 2.47 bits per heavy atom. The minimum absolute atomic E-state index is 0.0248. The van der Waals surface area contributed by atoms with E-state index in [-0.39, 0.29) is 27.2 Å². The molecule has 1 aromatic rings. The number of halogens is 2. The molecular weight excluding hydrogens is 309 g/mol. The van der Waals surface area contributed by atoms with Crippen molar-refractivity contribution in [3.63, 3.8) is 0 Å². The van der Waals surface area contributed by atoms with Crippen molar-refractivity contribution in [3.8, 4) is 0 Å². The Labute approximate surface area is 122 Å². The molecule has 0 aromatic carbocycles. The lowest BCUT2D eigenvalue weighted by Crippen LogP contribution is -2.40. The molecule has 8 heteroatoms. The number of pyridine rings is 1. The molecule has 0 bridgehead atoms. The van der Waals surface area contributed by atoms with E-state index in [0.29, 0.717) is 0 Å². The molecule has 1 aliphatic rings. The van der Waals surface area contributed by atoms with Crippen LogP contribution in [-0.2, 0) is 10.0 Å². The SMILES string of the molecule is NC1CCC(NS(=O)(=O)c2cnc(Cl)c(Cl)c2)CC1. The van der Waals surface area contributed by atoms with E-state index in [9.17, 15) is 8.42 Å². The van der Waals surface area contributed by atoms with E-state index in [2.05, 4.69) is 9.71 Å². The second-order valence-electron chi connectivity index (χ2n) is 4.68. The van der Waals surface area contributed by atoms with E-state index in [1.54, 1.807) is 0 Å². The van der Waals surface area contributed by atoms with Gasteiger partial charge in [0.15, 0.2) is 0 Å². The lowest BCUT2D eigenvalue weighted by atomic mass is 9.93. The topological polar surface area (TPSA) is 85.1 Å². The molecule has 2 rings (SSSR count). The molecule has 3 N–H and O–H groups in total. The van der Waals surface area contributed by atoms with Gasteiger partial charge in [-0.1, -0.05) is 23.2 Å². The summed E-state index contributed by atoms with van der Waals surface area (Å²) in [4.78, 5) is 3.77. The smallest absolute Gasteiger partial charge is 0.242 e. The lowest BCUT2D eigenvalue weighted by Gasteiger charge is -2.26. The van der Waals surface area contributed by atoms with Gasteiger partial charge in [0.1, 0.15) is 10.0 Å². The largest absolute Gasteiger partial charge is 0.328 e. The van der Waals surface area contributed by atoms with Crippen LogP contribution >= 0.6 is 23.2 Å². The Morgan fingerprint density at radius 2 is 1.89 bits per heavy atom. The van der Waals surface area contributed by atoms with Crippen LogP contribution in [0.15, 0.2) is 17.2 Å². The molecule has 0 aliphatic heterocycles. The minimum Gasteiger partial charge on any atom is -0.328 e. The lowest BCUT2D eigenvalue weighted by molar-refractivity contribution is 0.373. The average molecular weight is 324 g/mol. The molecule has 0 amide bonds. The van der Waals surface area contributed by atoms with Gasteiger partial charge in [0.2, 0.25) is 10.0 Å². The monoisotopic (exact) mass is 323 g/mol. The zero-order valence-corrected chi connectivity index (χ0v) is 12.5. The summed E-state index contributed by atoms with van der Waals surface area (Å²) in [5, 5.41) is 0.208. The highest BCUT2D eigenvalue weighted by atomic mass is 35.5. The summed E-state index contributed by atoms with van der Waals surface area (Å²) >= 11 is 11.4. The van der Waals surface area contributed by atoms with Crippen LogP contribution in [-0.4, -0.2) is 25.5 Å². The van der Waals surface area contributed by atoms with E-state index in [4.69, 9.17) is 28.9 Å². The first-order valence-corrected chi connectivity index (χ1v) is 8.21. The maximum absolute atomic E-state index is 12.2. The second kappa shape index (κ2) is 5.93. The molecule has 0 spiro atoms. The second-order valence-corrected chi connectivity index (χ2v) is 7.16. The third kappa shape index (κ3) is 3.79. The molecule has 1 heterocycles. The maximum Gasteiger partial charge on any atom is 0.242 e. The van der Waals surface area contributed by atoms with Crippen LogP contribution in [0.5, 0.6) is 0 Å². The quantitative estimate of drug-likeness (QED) is 0.832. The molecule has 1 fully saturated rings. The molecule has 19 heavy (non-hydrogen) atoms. The molecule has 1 aromatic heterocycles. The molecule has 0 saturated heterocycles. The first-order valence-electron chi connectivity index (χ1n) is 5.97. The summed E-state index contributed by atoms with van der Waals surface area (Å²) in [6, 6.07) is 1.39.